The van der Waals surface area contributed by atoms with Crippen molar-refractivity contribution in [2.24, 2.45) is 0 Å². The predicted molar refractivity (Wildman–Crippen MR) is 24.7 cm³/mol. The van der Waals surface area contributed by atoms with Crippen LogP contribution >= 0.6 is 7.82 Å². The lowest BCUT2D eigenvalue weighted by atomic mass is 10.4. The Morgan fingerprint density at radius 2 is 1.90 bits per heavy atom. The fraction of sp³-hybridized carbons (Fsp3) is 0.333. The molecule has 0 aromatic rings. The lowest BCUT2D eigenvalue weighted by Gasteiger charge is -2.35. The van der Waals surface area contributed by atoms with Gasteiger partial charge in [0.25, 0.3) is 12.1 Å². The molecule has 0 aliphatic carbocycles. The maximum atomic E-state index is 10.6. The predicted octanol–water partition coefficient (Wildman–Crippen LogP) is -0.407. The van der Waals surface area contributed by atoms with Crippen molar-refractivity contribution in [1.29, 1.82) is 0 Å². The van der Waals surface area contributed by atoms with Gasteiger partial charge in [0, 0.05) is 0 Å². The molecule has 0 radical (unpaired) electrons. The minimum atomic E-state index is -3.61. The zero-order valence-corrected chi connectivity index (χ0v) is 5.37. The molecular formula is C3HO6P. The standard InChI is InChI=1S/C3HO6P/c4-1-2(5)7-10(6)8-3(1)9-10/h3H. The van der Waals surface area contributed by atoms with E-state index in [9.17, 15) is 14.2 Å². The molecule has 10 heavy (non-hydrogen) atoms. The number of ketones is 1. The molecule has 0 saturated carbocycles. The summed E-state index contributed by atoms with van der Waals surface area (Å²) < 4.78 is 23.2. The van der Waals surface area contributed by atoms with Crippen LogP contribution in [0.5, 0.6) is 0 Å². The normalized spacial score (nSPS) is 44.2. The Morgan fingerprint density at radius 3 is 2.30 bits per heavy atom. The average Bonchev–Trinajstić information content (AvgIpc) is 1.77. The third-order valence-electron chi connectivity index (χ3n) is 1.06. The van der Waals surface area contributed by atoms with Crippen LogP contribution in [0.2, 0.25) is 0 Å². The zero-order chi connectivity index (χ0) is 7.35. The Balaban J connectivity index is 2.33. The van der Waals surface area contributed by atoms with Crippen LogP contribution in [0.3, 0.4) is 0 Å². The number of hydrogen-bond donors (Lipinski definition) is 0. The van der Waals surface area contributed by atoms with Crippen molar-refractivity contribution in [3.05, 3.63) is 0 Å². The van der Waals surface area contributed by atoms with E-state index in [-0.39, 0.29) is 0 Å². The molecule has 3 fully saturated rings. The Labute approximate surface area is 54.7 Å². The van der Waals surface area contributed by atoms with Gasteiger partial charge in [0.05, 0.1) is 0 Å². The summed E-state index contributed by atoms with van der Waals surface area (Å²) in [7, 11) is -3.61. The van der Waals surface area contributed by atoms with Crippen LogP contribution in [0.25, 0.3) is 0 Å². The fourth-order valence-corrected chi connectivity index (χ4v) is 1.68. The minimum Gasteiger partial charge on any atom is -0.364 e. The fourth-order valence-electron chi connectivity index (χ4n) is 0.624. The van der Waals surface area contributed by atoms with Gasteiger partial charge in [-0.1, -0.05) is 0 Å². The molecule has 7 heteroatoms. The second-order valence-corrected chi connectivity index (χ2v) is 3.23. The third kappa shape index (κ3) is 0.581. The Morgan fingerprint density at radius 1 is 1.30 bits per heavy atom. The summed E-state index contributed by atoms with van der Waals surface area (Å²) in [6, 6.07) is 0. The number of carbonyl (C=O) groups excluding carboxylic acids is 2. The van der Waals surface area contributed by atoms with Gasteiger partial charge in [-0.05, 0) is 0 Å². The number of carbonyl (C=O) groups is 2. The highest BCUT2D eigenvalue weighted by Crippen LogP contribution is 2.63. The van der Waals surface area contributed by atoms with E-state index in [0.717, 1.165) is 0 Å². The van der Waals surface area contributed by atoms with E-state index in [1.54, 1.807) is 0 Å². The molecule has 0 aromatic heterocycles. The van der Waals surface area contributed by atoms with Crippen LogP contribution in [-0.4, -0.2) is 18.0 Å². The lowest BCUT2D eigenvalue weighted by molar-refractivity contribution is -0.190. The molecule has 3 aliphatic heterocycles. The molecule has 3 saturated heterocycles. The van der Waals surface area contributed by atoms with Crippen molar-refractivity contribution in [3.63, 3.8) is 0 Å². The van der Waals surface area contributed by atoms with Gasteiger partial charge < -0.3 is 4.52 Å². The summed E-state index contributed by atoms with van der Waals surface area (Å²) in [6.07, 6.45) is -1.29. The molecule has 6 nitrogen and oxygen atoms in total. The first-order valence-corrected chi connectivity index (χ1v) is 3.81. The molecule has 0 N–H and O–H groups in total. The van der Waals surface area contributed by atoms with Crippen molar-refractivity contribution in [3.8, 4) is 0 Å². The van der Waals surface area contributed by atoms with Crippen LogP contribution in [-0.2, 0) is 27.7 Å². The van der Waals surface area contributed by atoms with E-state index in [0.29, 0.717) is 0 Å². The highest BCUT2D eigenvalue weighted by atomic mass is 31.2. The van der Waals surface area contributed by atoms with Crippen molar-refractivity contribution >= 4 is 19.6 Å². The van der Waals surface area contributed by atoms with Gasteiger partial charge in [-0.2, -0.15) is 0 Å². The summed E-state index contributed by atoms with van der Waals surface area (Å²) in [6.45, 7) is 0. The van der Waals surface area contributed by atoms with Gasteiger partial charge in [0.15, 0.2) is 0 Å². The Hall–Kier alpha value is -0.710. The third-order valence-corrected chi connectivity index (χ3v) is 2.35. The van der Waals surface area contributed by atoms with Crippen LogP contribution in [0.15, 0.2) is 0 Å². The minimum absolute atomic E-state index is 0.947. The van der Waals surface area contributed by atoms with E-state index in [4.69, 9.17) is 0 Å². The highest BCUT2D eigenvalue weighted by molar-refractivity contribution is 7.50. The second kappa shape index (κ2) is 1.47. The van der Waals surface area contributed by atoms with Crippen LogP contribution < -0.4 is 0 Å². The number of hydrogen-bond acceptors (Lipinski definition) is 6. The van der Waals surface area contributed by atoms with E-state index < -0.39 is 25.9 Å². The van der Waals surface area contributed by atoms with Crippen LogP contribution in [0.4, 0.5) is 0 Å². The van der Waals surface area contributed by atoms with Gasteiger partial charge in [-0.15, -0.1) is 0 Å². The van der Waals surface area contributed by atoms with Crippen molar-refractivity contribution in [1.82, 2.24) is 0 Å². The molecule has 0 atom stereocenters. The SMILES string of the molecule is O=C1OP2(=O)OC(O2)C1=O. The number of fused-ring (bicyclic) bond motifs is 2. The largest absolute Gasteiger partial charge is 0.538 e. The maximum Gasteiger partial charge on any atom is 0.538 e. The molecule has 3 heterocycles. The number of Topliss-reactive ketones (excluding diaryl/α,β-unsaturated/α-hetero) is 1. The van der Waals surface area contributed by atoms with Crippen molar-refractivity contribution < 1.29 is 27.7 Å². The van der Waals surface area contributed by atoms with Gasteiger partial charge in [-0.25, -0.2) is 18.4 Å². The quantitative estimate of drug-likeness (QED) is 0.357. The lowest BCUT2D eigenvalue weighted by Crippen LogP contribution is -2.45. The maximum absolute atomic E-state index is 10.6. The number of rotatable bonds is 0. The molecule has 54 valence electrons. The summed E-state index contributed by atoms with van der Waals surface area (Å²) >= 11 is 0. The van der Waals surface area contributed by atoms with E-state index in [1.165, 1.54) is 0 Å². The molecule has 3 rings (SSSR count). The first-order valence-electron chi connectivity index (χ1n) is 2.35. The molecule has 2 bridgehead atoms. The summed E-state index contributed by atoms with van der Waals surface area (Å²) in [5.74, 6) is -2.09. The molecular weight excluding hydrogens is 163 g/mol. The van der Waals surface area contributed by atoms with Crippen LogP contribution in [0, 0.1) is 0 Å². The first-order chi connectivity index (χ1) is 4.61. The molecule has 0 aromatic carbocycles. The van der Waals surface area contributed by atoms with Crippen molar-refractivity contribution in [2.45, 2.75) is 6.29 Å². The van der Waals surface area contributed by atoms with E-state index in [1.807, 2.05) is 0 Å². The summed E-state index contributed by atoms with van der Waals surface area (Å²) in [5.41, 5.74) is 0. The average molecular weight is 164 g/mol. The Kier molecular flexibility index (Phi) is 0.889. The van der Waals surface area contributed by atoms with E-state index >= 15 is 0 Å². The summed E-state index contributed by atoms with van der Waals surface area (Å²) in [4.78, 5) is 20.8. The Bertz CT molecular complexity index is 258. The number of phosphoric acid groups is 1. The summed E-state index contributed by atoms with van der Waals surface area (Å²) in [5, 5.41) is 0. The molecule has 0 amide bonds. The van der Waals surface area contributed by atoms with Gasteiger partial charge in [-0.3, -0.25) is 4.79 Å². The monoisotopic (exact) mass is 164 g/mol. The smallest absolute Gasteiger partial charge is 0.364 e. The van der Waals surface area contributed by atoms with Gasteiger partial charge >= 0.3 is 13.8 Å². The molecule has 0 spiro atoms. The molecule has 0 unspecified atom stereocenters. The zero-order valence-electron chi connectivity index (χ0n) is 4.47. The topological polar surface area (TPSA) is 78.9 Å². The van der Waals surface area contributed by atoms with Gasteiger partial charge in [0.2, 0.25) is 0 Å². The molecule has 3 aliphatic rings. The highest BCUT2D eigenvalue weighted by Gasteiger charge is 2.59. The van der Waals surface area contributed by atoms with Crippen molar-refractivity contribution in [2.75, 3.05) is 0 Å². The first kappa shape index (κ1) is 6.03. The second-order valence-electron chi connectivity index (χ2n) is 1.73. The number of phosphoric ester groups is 1. The van der Waals surface area contributed by atoms with E-state index in [2.05, 4.69) is 13.6 Å². The van der Waals surface area contributed by atoms with Gasteiger partial charge in [0.1, 0.15) is 0 Å². The van der Waals surface area contributed by atoms with Crippen LogP contribution in [0.1, 0.15) is 0 Å².